The highest BCUT2D eigenvalue weighted by atomic mass is 16.5. The van der Waals surface area contributed by atoms with E-state index in [-0.39, 0.29) is 16.8 Å². The summed E-state index contributed by atoms with van der Waals surface area (Å²) in [6.07, 6.45) is 4.32. The van der Waals surface area contributed by atoms with E-state index in [4.69, 9.17) is 19.4 Å². The van der Waals surface area contributed by atoms with Crippen LogP contribution >= 0.6 is 0 Å². The number of carbonyl (C=O) groups excluding carboxylic acids is 1. The van der Waals surface area contributed by atoms with Crippen molar-refractivity contribution in [2.45, 2.75) is 38.5 Å². The van der Waals surface area contributed by atoms with Gasteiger partial charge in [0.15, 0.2) is 5.75 Å². The van der Waals surface area contributed by atoms with Crippen LogP contribution in [0.2, 0.25) is 0 Å². The van der Waals surface area contributed by atoms with Crippen LogP contribution in [0.4, 0.5) is 0 Å². The lowest BCUT2D eigenvalue weighted by Gasteiger charge is -2.13. The van der Waals surface area contributed by atoms with E-state index < -0.39 is 0 Å². The van der Waals surface area contributed by atoms with Crippen molar-refractivity contribution in [3.8, 4) is 16.9 Å². The first-order chi connectivity index (χ1) is 19.1. The fourth-order valence-corrected chi connectivity index (χ4v) is 5.36. The number of H-pyrrole nitrogens is 2. The van der Waals surface area contributed by atoms with Gasteiger partial charge in [0.05, 0.1) is 42.0 Å². The Balaban J connectivity index is 1.70. The number of esters is 1. The van der Waals surface area contributed by atoms with Gasteiger partial charge < -0.3 is 19.4 Å². The smallest absolute Gasteiger partial charge is 0.337 e. The van der Waals surface area contributed by atoms with Crippen LogP contribution in [0.5, 0.6) is 5.75 Å². The first-order valence-electron chi connectivity index (χ1n) is 13.3. The van der Waals surface area contributed by atoms with Crippen molar-refractivity contribution in [3.05, 3.63) is 88.3 Å². The van der Waals surface area contributed by atoms with Gasteiger partial charge in [0.1, 0.15) is 5.35 Å². The Bertz CT molecular complexity index is 1940. The number of hydrogen-bond acceptors (Lipinski definition) is 5. The fourth-order valence-electron chi connectivity index (χ4n) is 5.36. The van der Waals surface area contributed by atoms with Gasteiger partial charge in [0.25, 0.3) is 0 Å². The summed E-state index contributed by atoms with van der Waals surface area (Å²) in [6.45, 7) is 8.62. The molecule has 0 atom stereocenters. The molecule has 0 unspecified atom stereocenters. The van der Waals surface area contributed by atoms with E-state index >= 15 is 0 Å². The normalized spacial score (nSPS) is 15.2. The second kappa shape index (κ2) is 9.23. The third-order valence-corrected chi connectivity index (χ3v) is 7.57. The summed E-state index contributed by atoms with van der Waals surface area (Å²) in [7, 11) is 3.06. The molecule has 202 valence electrons. The highest BCUT2D eigenvalue weighted by molar-refractivity contribution is 5.91. The minimum absolute atomic E-state index is 0.250. The molecule has 0 radical (unpaired) electrons. The number of ether oxygens (including phenoxy) is 2. The highest BCUT2D eigenvalue weighted by Crippen LogP contribution is 2.31. The van der Waals surface area contributed by atoms with Crippen molar-refractivity contribution in [1.82, 2.24) is 19.9 Å². The molecule has 40 heavy (non-hydrogen) atoms. The topological polar surface area (TPSA) is 92.9 Å². The van der Waals surface area contributed by atoms with Crippen molar-refractivity contribution in [1.29, 1.82) is 0 Å². The molecule has 3 aromatic heterocycles. The lowest BCUT2D eigenvalue weighted by atomic mass is 9.90. The molecule has 8 bridgehead atoms. The molecule has 7 heteroatoms. The maximum atomic E-state index is 12.0. The average Bonchev–Trinajstić information content (AvgIpc) is 3.66. The van der Waals surface area contributed by atoms with E-state index in [9.17, 15) is 4.79 Å². The van der Waals surface area contributed by atoms with E-state index in [1.165, 1.54) is 7.11 Å². The first kappa shape index (κ1) is 25.6. The monoisotopic (exact) mass is 532 g/mol. The van der Waals surface area contributed by atoms with Crippen LogP contribution in [0.3, 0.4) is 0 Å². The Hall–Kier alpha value is -4.65. The summed E-state index contributed by atoms with van der Waals surface area (Å²) in [5, 5.41) is 1.67. The van der Waals surface area contributed by atoms with Crippen molar-refractivity contribution >= 4 is 40.2 Å². The SMILES string of the molecule is COC(=O)c1ccc(-c2cc3cc4nc(c(OC)c5ccc(cc6nc(cc2[nH]3)=CC6(C)C)[nH]5)=CC4(C)C)cc1. The Labute approximate surface area is 232 Å². The Morgan fingerprint density at radius 1 is 0.750 bits per heavy atom. The van der Waals surface area contributed by atoms with Crippen LogP contribution in [0.1, 0.15) is 49.4 Å². The number of aromatic nitrogens is 4. The zero-order valence-corrected chi connectivity index (χ0v) is 23.5. The summed E-state index contributed by atoms with van der Waals surface area (Å²) in [5.74, 6) is 0.336. The van der Waals surface area contributed by atoms with Gasteiger partial charge in [0, 0.05) is 32.9 Å². The van der Waals surface area contributed by atoms with Gasteiger partial charge in [-0.15, -0.1) is 0 Å². The van der Waals surface area contributed by atoms with E-state index in [0.29, 0.717) is 11.3 Å². The van der Waals surface area contributed by atoms with Crippen LogP contribution in [0.15, 0.2) is 60.7 Å². The minimum atomic E-state index is -0.360. The molecule has 0 spiro atoms. The lowest BCUT2D eigenvalue weighted by Crippen LogP contribution is -2.10. The fraction of sp³-hybridized carbons (Fsp3) is 0.242. The quantitative estimate of drug-likeness (QED) is 0.350. The highest BCUT2D eigenvalue weighted by Gasteiger charge is 2.25. The molecule has 0 aliphatic carbocycles. The molecule has 4 aromatic rings. The third-order valence-electron chi connectivity index (χ3n) is 7.57. The number of aromatic amines is 2. The summed E-state index contributed by atoms with van der Waals surface area (Å²) in [4.78, 5) is 29.1. The Morgan fingerprint density at radius 2 is 1.43 bits per heavy atom. The molecule has 2 aliphatic heterocycles. The van der Waals surface area contributed by atoms with Crippen molar-refractivity contribution < 1.29 is 14.3 Å². The van der Waals surface area contributed by atoms with Crippen molar-refractivity contribution in [2.24, 2.45) is 0 Å². The van der Waals surface area contributed by atoms with Crippen molar-refractivity contribution in [3.63, 3.8) is 0 Å². The largest absolute Gasteiger partial charge is 0.492 e. The second-order valence-electron chi connectivity index (χ2n) is 11.5. The molecular weight excluding hydrogens is 500 g/mol. The summed E-state index contributed by atoms with van der Waals surface area (Å²) < 4.78 is 10.7. The molecule has 2 aliphatic rings. The lowest BCUT2D eigenvalue weighted by molar-refractivity contribution is 0.0600. The zero-order valence-electron chi connectivity index (χ0n) is 23.5. The van der Waals surface area contributed by atoms with Gasteiger partial charge in [-0.3, -0.25) is 4.98 Å². The van der Waals surface area contributed by atoms with Crippen LogP contribution in [0, 0.1) is 0 Å². The summed E-state index contributed by atoms with van der Waals surface area (Å²) in [6, 6.07) is 19.9. The number of carbonyl (C=O) groups is 1. The number of nitrogens with one attached hydrogen (secondary N) is 2. The molecule has 0 saturated carbocycles. The molecule has 0 amide bonds. The molecule has 2 N–H and O–H groups in total. The van der Waals surface area contributed by atoms with Gasteiger partial charge in [-0.25, -0.2) is 9.78 Å². The Morgan fingerprint density at radius 3 is 2.15 bits per heavy atom. The van der Waals surface area contributed by atoms with Gasteiger partial charge in [-0.1, -0.05) is 39.8 Å². The van der Waals surface area contributed by atoms with Crippen molar-refractivity contribution in [2.75, 3.05) is 14.2 Å². The predicted octanol–water partition coefficient (Wildman–Crippen LogP) is 5.29. The number of rotatable bonds is 3. The number of hydrogen-bond donors (Lipinski definition) is 2. The van der Waals surface area contributed by atoms with Crippen LogP contribution in [-0.2, 0) is 15.6 Å². The number of methoxy groups -OCH3 is 2. The predicted molar refractivity (Wildman–Crippen MR) is 159 cm³/mol. The van der Waals surface area contributed by atoms with E-state index in [1.807, 2.05) is 24.3 Å². The van der Waals surface area contributed by atoms with Gasteiger partial charge in [-0.2, -0.15) is 0 Å². The molecule has 0 saturated heterocycles. The molecule has 0 fully saturated rings. The number of benzene rings is 1. The van der Waals surface area contributed by atoms with Gasteiger partial charge in [-0.05, 0) is 66.2 Å². The number of fused-ring (bicyclic) bond motifs is 8. The third kappa shape index (κ3) is 4.47. The first-order valence-corrected chi connectivity index (χ1v) is 13.3. The maximum absolute atomic E-state index is 12.0. The molecule has 7 nitrogen and oxygen atoms in total. The number of nitrogens with zero attached hydrogens (tertiary/aromatic N) is 2. The van der Waals surface area contributed by atoms with Crippen LogP contribution in [0.25, 0.3) is 45.3 Å². The molecule has 1 aromatic carbocycles. The average molecular weight is 533 g/mol. The van der Waals surface area contributed by atoms with E-state index in [1.54, 1.807) is 19.2 Å². The molecule has 6 rings (SSSR count). The minimum Gasteiger partial charge on any atom is -0.492 e. The molecular formula is C33H32N4O3. The zero-order chi connectivity index (χ0) is 28.2. The van der Waals surface area contributed by atoms with Gasteiger partial charge in [0.2, 0.25) is 0 Å². The molecule has 5 heterocycles. The van der Waals surface area contributed by atoms with Crippen LogP contribution < -0.4 is 15.4 Å². The standard InChI is InChI=1S/C33H32N4O3/c1-32(2)17-23-14-26-24(19-7-9-20(10-8-19)31(38)40-6)13-22(35-26)16-29-33(3,4)18-27(37-29)30(39-5)25-12-11-21(34-25)15-28(32)36-23/h7-18,34-35H,1-6H3. The Kier molecular flexibility index (Phi) is 5.91. The summed E-state index contributed by atoms with van der Waals surface area (Å²) in [5.41, 5.74) is 7.46. The second-order valence-corrected chi connectivity index (χ2v) is 11.5. The van der Waals surface area contributed by atoms with E-state index in [2.05, 4.69) is 74.1 Å². The van der Waals surface area contributed by atoms with Crippen LogP contribution in [-0.4, -0.2) is 40.1 Å². The van der Waals surface area contributed by atoms with Gasteiger partial charge >= 0.3 is 5.97 Å². The van der Waals surface area contributed by atoms with E-state index in [0.717, 1.165) is 55.3 Å². The maximum Gasteiger partial charge on any atom is 0.337 e. The summed E-state index contributed by atoms with van der Waals surface area (Å²) >= 11 is 0.